The molecule has 0 aliphatic heterocycles. The van der Waals surface area contributed by atoms with Crippen molar-refractivity contribution in [1.29, 1.82) is 0 Å². The van der Waals surface area contributed by atoms with E-state index in [1.807, 2.05) is 11.9 Å². The predicted molar refractivity (Wildman–Crippen MR) is 252 cm³/mol. The van der Waals surface area contributed by atoms with E-state index in [9.17, 15) is 35.8 Å². The first-order chi connectivity index (χ1) is 28.8. The third-order valence-electron chi connectivity index (χ3n) is 10.9. The minimum Gasteiger partial charge on any atom is -0.506 e. The second-order valence-electron chi connectivity index (χ2n) is 15.5. The van der Waals surface area contributed by atoms with Gasteiger partial charge < -0.3 is 15.3 Å². The number of azo groups is 1. The van der Waals surface area contributed by atoms with Gasteiger partial charge in [0.15, 0.2) is 0 Å². The maximum atomic E-state index is 14.0. The molecule has 0 atom stereocenters. The van der Waals surface area contributed by atoms with Crippen LogP contribution in [-0.4, -0.2) is 110 Å². The van der Waals surface area contributed by atoms with Gasteiger partial charge in [0.05, 0.1) is 38.1 Å². The van der Waals surface area contributed by atoms with E-state index in [2.05, 4.69) is 22.5 Å². The van der Waals surface area contributed by atoms with E-state index >= 15 is 0 Å². The summed E-state index contributed by atoms with van der Waals surface area (Å²) in [6, 6.07) is 21.4. The smallest absolute Gasteiger partial charge is 0.294 e. The number of amides is 1. The van der Waals surface area contributed by atoms with Crippen molar-refractivity contribution in [2.75, 3.05) is 23.8 Å². The molecule has 324 valence electrons. The van der Waals surface area contributed by atoms with E-state index in [0.29, 0.717) is 39.5 Å². The van der Waals surface area contributed by atoms with Crippen LogP contribution < -0.4 is 10.2 Å². The Labute approximate surface area is 411 Å². The minimum atomic E-state index is -4.60. The number of carbonyl (C=O) groups excluding carboxylic acids is 1. The number of hydrogen-bond donors (Lipinski definition) is 4. The van der Waals surface area contributed by atoms with E-state index in [0.717, 1.165) is 19.3 Å². The van der Waals surface area contributed by atoms with Crippen molar-refractivity contribution in [2.24, 2.45) is 10.2 Å². The summed E-state index contributed by atoms with van der Waals surface area (Å²) in [6.45, 7) is 2.90. The largest absolute Gasteiger partial charge is 0.506 e. The number of phenols is 1. The number of anilines is 2. The fraction of sp³-hybridized carbons (Fsp3) is 0.413. The fourth-order valence-electron chi connectivity index (χ4n) is 7.46. The fourth-order valence-corrected chi connectivity index (χ4v) is 8.48. The van der Waals surface area contributed by atoms with Crippen LogP contribution in [0.4, 0.5) is 22.7 Å². The average Bonchev–Trinajstić information content (AvgIpc) is 3.22. The number of hydrogen-bond acceptors (Lipinski definition) is 9. The molecule has 0 unspecified atom stereocenters. The second kappa shape index (κ2) is 26.2. The van der Waals surface area contributed by atoms with Crippen LogP contribution in [0.1, 0.15) is 120 Å². The molecule has 0 spiro atoms. The molecule has 0 bridgehead atoms. The number of benzene rings is 5. The zero-order valence-electron chi connectivity index (χ0n) is 36.6. The number of aromatic hydroxyl groups is 1. The first-order valence-electron chi connectivity index (χ1n) is 21.1. The van der Waals surface area contributed by atoms with Crippen LogP contribution >= 0.6 is 0 Å². The van der Waals surface area contributed by atoms with E-state index in [1.165, 1.54) is 120 Å². The Balaban J connectivity index is 0.00000512. The quantitative estimate of drug-likeness (QED) is 0.0202. The molecule has 5 rings (SSSR count). The molecule has 0 heterocycles. The molecule has 0 aromatic heterocycles. The van der Waals surface area contributed by atoms with Crippen LogP contribution in [0, 0.1) is 0 Å². The normalized spacial score (nSPS) is 11.7. The van der Waals surface area contributed by atoms with E-state index in [-0.39, 0.29) is 91.6 Å². The van der Waals surface area contributed by atoms with Gasteiger partial charge in [-0.15, -0.1) is 5.11 Å². The van der Waals surface area contributed by atoms with Crippen molar-refractivity contribution < 1.29 is 35.8 Å². The third-order valence-corrected chi connectivity index (χ3v) is 12.6. The Morgan fingerprint density at radius 3 is 1.69 bits per heavy atom. The number of carbonyl (C=O) groups is 1. The van der Waals surface area contributed by atoms with Crippen LogP contribution in [0.3, 0.4) is 0 Å². The molecule has 16 heteroatoms. The first-order valence-corrected chi connectivity index (χ1v) is 24.0. The number of fused-ring (bicyclic) bond motifs is 2. The van der Waals surface area contributed by atoms with Crippen LogP contribution in [0.25, 0.3) is 21.5 Å². The zero-order chi connectivity index (χ0) is 43.1. The molecule has 5 aromatic rings. The van der Waals surface area contributed by atoms with Crippen molar-refractivity contribution in [3.8, 4) is 5.75 Å². The van der Waals surface area contributed by atoms with Crippen molar-refractivity contribution in [3.05, 3.63) is 90.5 Å². The molecule has 4 N–H and O–H groups in total. The van der Waals surface area contributed by atoms with Gasteiger partial charge in [-0.1, -0.05) is 140 Å². The van der Waals surface area contributed by atoms with Gasteiger partial charge in [-0.25, -0.2) is 0 Å². The van der Waals surface area contributed by atoms with Crippen LogP contribution in [0.2, 0.25) is 0 Å². The van der Waals surface area contributed by atoms with Gasteiger partial charge in [0.25, 0.3) is 26.1 Å². The van der Waals surface area contributed by atoms with Crippen LogP contribution in [-0.2, 0) is 20.2 Å². The van der Waals surface area contributed by atoms with Gasteiger partial charge in [-0.05, 0) is 65.7 Å². The number of unbranched alkanes of at least 4 members (excludes halogenated alkanes) is 15. The van der Waals surface area contributed by atoms with Crippen LogP contribution in [0.15, 0.2) is 105 Å². The second-order valence-corrected chi connectivity index (χ2v) is 18.4. The number of rotatable bonds is 24. The molecule has 1 amide bonds. The molecule has 0 saturated heterocycles. The van der Waals surface area contributed by atoms with E-state index < -0.39 is 26.1 Å². The Morgan fingerprint density at radius 1 is 0.613 bits per heavy atom. The molecule has 5 aromatic carbocycles. The summed E-state index contributed by atoms with van der Waals surface area (Å²) in [5.74, 6) is -1.05. The standard InChI is InChI=1S/C46H58N4O8S2.2Na/c1-3-4-5-6-7-8-9-10-11-12-13-14-15-16-17-20-29-50(2)44-28-27-38(60(56,57)58)32-43(44)47-46(52)41-33-42(39-21-18-19-22-40(39)45(41)51)49-48-36-25-23-35-31-37(59(53,54)55)26-24-34(35)30-36;;/h18-19,21-28,30-33,51H,3-17,20,29H2,1-2H3,(H,47,52)(H,53,54,55)(H,56,57,58);;. The summed E-state index contributed by atoms with van der Waals surface area (Å²) in [5.41, 5.74) is 1.23. The summed E-state index contributed by atoms with van der Waals surface area (Å²) >= 11 is 0. The average molecular weight is 905 g/mol. The van der Waals surface area contributed by atoms with Gasteiger partial charge in [0.1, 0.15) is 5.75 Å². The molecule has 0 aliphatic carbocycles. The number of nitrogens with one attached hydrogen (secondary N) is 1. The van der Waals surface area contributed by atoms with Crippen molar-refractivity contribution in [2.45, 2.75) is 119 Å². The van der Waals surface area contributed by atoms with Gasteiger partial charge in [-0.3, -0.25) is 13.9 Å². The van der Waals surface area contributed by atoms with Crippen molar-refractivity contribution in [1.82, 2.24) is 0 Å². The van der Waals surface area contributed by atoms with Gasteiger partial charge >= 0.3 is 0 Å². The number of nitrogens with zero attached hydrogens (tertiary/aromatic N) is 3. The Hall–Kier alpha value is -2.89. The number of phenolic OH excluding ortho intramolecular Hbond substituents is 1. The van der Waals surface area contributed by atoms with Gasteiger partial charge in [0, 0.05) is 83.5 Å². The SMILES string of the molecule is CCCCCCCCCCCCCCCCCCN(C)c1ccc(S(=O)(=O)O)cc1NC(=O)c1cc(N=Nc2ccc3cc(S(=O)(=O)O)ccc3c2)c2ccccc2c1O.[Na].[Na]. The summed E-state index contributed by atoms with van der Waals surface area (Å²) in [5, 5.41) is 25.0. The summed E-state index contributed by atoms with van der Waals surface area (Å²) in [7, 11) is -7.11. The Bertz CT molecular complexity index is 2500. The monoisotopic (exact) mass is 904 g/mol. The molecular weight excluding hydrogens is 847 g/mol. The van der Waals surface area contributed by atoms with E-state index in [1.54, 1.807) is 48.5 Å². The molecule has 12 nitrogen and oxygen atoms in total. The maximum Gasteiger partial charge on any atom is 0.294 e. The van der Waals surface area contributed by atoms with E-state index in [4.69, 9.17) is 0 Å². The minimum absolute atomic E-state index is 0. The summed E-state index contributed by atoms with van der Waals surface area (Å²) in [6.07, 6.45) is 20.2. The maximum absolute atomic E-state index is 14.0. The Kier molecular flexibility index (Phi) is 22.6. The third kappa shape index (κ3) is 16.0. The predicted octanol–water partition coefficient (Wildman–Crippen LogP) is 11.8. The van der Waals surface area contributed by atoms with Gasteiger partial charge in [-0.2, -0.15) is 21.9 Å². The molecular formula is C46H58N4Na2O8S2. The Morgan fingerprint density at radius 2 is 1.11 bits per heavy atom. The topological polar surface area (TPSA) is 186 Å². The summed E-state index contributed by atoms with van der Waals surface area (Å²) < 4.78 is 66.7. The summed E-state index contributed by atoms with van der Waals surface area (Å²) in [4.78, 5) is 15.3. The van der Waals surface area contributed by atoms with Crippen LogP contribution in [0.5, 0.6) is 5.75 Å². The molecule has 0 fully saturated rings. The molecule has 0 saturated carbocycles. The zero-order valence-corrected chi connectivity index (χ0v) is 42.3. The molecule has 0 aliphatic rings. The van der Waals surface area contributed by atoms with Crippen molar-refractivity contribution >= 4 is 130 Å². The molecule has 2 radical (unpaired) electrons. The first kappa shape index (κ1) is 53.4. The van der Waals surface area contributed by atoms with Gasteiger partial charge in [0.2, 0.25) is 0 Å². The van der Waals surface area contributed by atoms with Crippen molar-refractivity contribution in [3.63, 3.8) is 0 Å². The molecule has 62 heavy (non-hydrogen) atoms.